The molecule has 2 aliphatic rings. The number of carbonyl (C=O) groups is 2. The van der Waals surface area contributed by atoms with Gasteiger partial charge in [0.2, 0.25) is 11.8 Å². The maximum Gasteiger partial charge on any atom is 0.230 e. The van der Waals surface area contributed by atoms with Crippen LogP contribution >= 0.6 is 0 Å². The van der Waals surface area contributed by atoms with Gasteiger partial charge in [-0.1, -0.05) is 33.6 Å². The highest BCUT2D eigenvalue weighted by molar-refractivity contribution is 6.00. The Hall–Kier alpha value is -0.860. The summed E-state index contributed by atoms with van der Waals surface area (Å²) in [5, 5.41) is 2.51. The SMILES string of the molecule is CC(C)(C)C1C(=O)NC(=O)CC12CCCC2. The topological polar surface area (TPSA) is 46.2 Å². The first-order valence-electron chi connectivity index (χ1n) is 6.19. The van der Waals surface area contributed by atoms with Crippen molar-refractivity contribution < 1.29 is 9.59 Å². The molecule has 1 aliphatic heterocycles. The van der Waals surface area contributed by atoms with Crippen LogP contribution in [-0.2, 0) is 9.59 Å². The maximum atomic E-state index is 12.1. The highest BCUT2D eigenvalue weighted by Gasteiger charge is 2.53. The predicted molar refractivity (Wildman–Crippen MR) is 61.6 cm³/mol. The zero-order valence-electron chi connectivity index (χ0n) is 10.4. The molecule has 0 aromatic rings. The van der Waals surface area contributed by atoms with E-state index in [2.05, 4.69) is 26.1 Å². The Morgan fingerprint density at radius 3 is 2.25 bits per heavy atom. The summed E-state index contributed by atoms with van der Waals surface area (Å²) in [5.41, 5.74) is -0.104. The van der Waals surface area contributed by atoms with Gasteiger partial charge in [0.25, 0.3) is 0 Å². The quantitative estimate of drug-likeness (QED) is 0.640. The second-order valence-corrected chi connectivity index (χ2v) is 6.46. The zero-order chi connectivity index (χ0) is 12.0. The van der Waals surface area contributed by atoms with Gasteiger partial charge in [0.15, 0.2) is 0 Å². The van der Waals surface area contributed by atoms with Gasteiger partial charge in [0.1, 0.15) is 0 Å². The molecule has 1 spiro atoms. The van der Waals surface area contributed by atoms with E-state index in [1.165, 1.54) is 0 Å². The minimum atomic E-state index is -0.0765. The molecule has 1 saturated carbocycles. The molecule has 1 heterocycles. The molecule has 90 valence electrons. The number of carbonyl (C=O) groups excluding carboxylic acids is 2. The lowest BCUT2D eigenvalue weighted by molar-refractivity contribution is -0.148. The Morgan fingerprint density at radius 2 is 1.75 bits per heavy atom. The number of hydrogen-bond acceptors (Lipinski definition) is 2. The van der Waals surface area contributed by atoms with Gasteiger partial charge in [0.05, 0.1) is 0 Å². The molecular formula is C13H21NO2. The molecule has 0 bridgehead atoms. The molecule has 1 aliphatic carbocycles. The monoisotopic (exact) mass is 223 g/mol. The van der Waals surface area contributed by atoms with E-state index in [9.17, 15) is 9.59 Å². The van der Waals surface area contributed by atoms with Crippen LogP contribution in [0.2, 0.25) is 0 Å². The molecule has 0 radical (unpaired) electrons. The van der Waals surface area contributed by atoms with Crippen molar-refractivity contribution in [2.24, 2.45) is 16.7 Å². The van der Waals surface area contributed by atoms with Crippen molar-refractivity contribution in [3.8, 4) is 0 Å². The van der Waals surface area contributed by atoms with E-state index in [1.54, 1.807) is 0 Å². The van der Waals surface area contributed by atoms with Crippen molar-refractivity contribution in [2.75, 3.05) is 0 Å². The molecule has 2 amide bonds. The van der Waals surface area contributed by atoms with Crippen LogP contribution in [0, 0.1) is 16.7 Å². The first kappa shape index (κ1) is 11.6. The van der Waals surface area contributed by atoms with E-state index in [1.807, 2.05) is 0 Å². The van der Waals surface area contributed by atoms with Gasteiger partial charge in [-0.25, -0.2) is 0 Å². The molecule has 3 heteroatoms. The third kappa shape index (κ3) is 1.76. The average molecular weight is 223 g/mol. The summed E-state index contributed by atoms with van der Waals surface area (Å²) in [6, 6.07) is 0. The molecule has 2 fully saturated rings. The third-order valence-corrected chi connectivity index (χ3v) is 4.12. The van der Waals surface area contributed by atoms with E-state index in [0.717, 1.165) is 25.7 Å². The fourth-order valence-electron chi connectivity index (χ4n) is 3.81. The van der Waals surface area contributed by atoms with Crippen LogP contribution in [0.5, 0.6) is 0 Å². The molecule has 1 N–H and O–H groups in total. The Balaban J connectivity index is 2.37. The Labute approximate surface area is 97.0 Å². The first-order valence-corrected chi connectivity index (χ1v) is 6.19. The lowest BCUT2D eigenvalue weighted by atomic mass is 9.59. The van der Waals surface area contributed by atoms with E-state index in [4.69, 9.17) is 0 Å². The highest BCUT2D eigenvalue weighted by atomic mass is 16.2. The van der Waals surface area contributed by atoms with Crippen LogP contribution in [0.15, 0.2) is 0 Å². The third-order valence-electron chi connectivity index (χ3n) is 4.12. The summed E-state index contributed by atoms with van der Waals surface area (Å²) in [6.07, 6.45) is 4.93. The Kier molecular flexibility index (Phi) is 2.59. The molecule has 1 saturated heterocycles. The standard InChI is InChI=1S/C13H21NO2/c1-12(2,3)10-11(16)14-9(15)8-13(10)6-4-5-7-13/h10H,4-8H2,1-3H3,(H,14,15,16). The van der Waals surface area contributed by atoms with Crippen molar-refractivity contribution in [3.63, 3.8) is 0 Å². The van der Waals surface area contributed by atoms with Gasteiger partial charge in [-0.3, -0.25) is 14.9 Å². The zero-order valence-corrected chi connectivity index (χ0v) is 10.4. The summed E-state index contributed by atoms with van der Waals surface area (Å²) in [7, 11) is 0. The second kappa shape index (κ2) is 3.57. The summed E-state index contributed by atoms with van der Waals surface area (Å²) >= 11 is 0. The predicted octanol–water partition coefficient (Wildman–Crippen LogP) is 2.26. The molecule has 2 rings (SSSR count). The van der Waals surface area contributed by atoms with Crippen LogP contribution in [-0.4, -0.2) is 11.8 Å². The Bertz CT molecular complexity index is 321. The molecular weight excluding hydrogens is 202 g/mol. The first-order chi connectivity index (χ1) is 7.35. The highest BCUT2D eigenvalue weighted by Crippen LogP contribution is 2.54. The van der Waals surface area contributed by atoms with E-state index in [0.29, 0.717) is 6.42 Å². The van der Waals surface area contributed by atoms with E-state index >= 15 is 0 Å². The molecule has 1 unspecified atom stereocenters. The molecule has 0 aromatic heterocycles. The number of amides is 2. The van der Waals surface area contributed by atoms with E-state index < -0.39 is 0 Å². The van der Waals surface area contributed by atoms with Gasteiger partial charge in [-0.2, -0.15) is 0 Å². The van der Waals surface area contributed by atoms with Gasteiger partial charge in [-0.05, 0) is 23.7 Å². The van der Waals surface area contributed by atoms with Gasteiger partial charge in [0, 0.05) is 12.3 Å². The summed E-state index contributed by atoms with van der Waals surface area (Å²) in [5.74, 6) is -0.141. The number of rotatable bonds is 0. The largest absolute Gasteiger partial charge is 0.296 e. The summed E-state index contributed by atoms with van der Waals surface area (Å²) in [4.78, 5) is 23.7. The van der Waals surface area contributed by atoms with Crippen molar-refractivity contribution in [2.45, 2.75) is 52.9 Å². The second-order valence-electron chi connectivity index (χ2n) is 6.46. The Morgan fingerprint density at radius 1 is 1.19 bits per heavy atom. The van der Waals surface area contributed by atoms with Gasteiger partial charge < -0.3 is 0 Å². The number of hydrogen-bond donors (Lipinski definition) is 1. The van der Waals surface area contributed by atoms with Crippen LogP contribution in [0.1, 0.15) is 52.9 Å². The van der Waals surface area contributed by atoms with Gasteiger partial charge >= 0.3 is 0 Å². The van der Waals surface area contributed by atoms with Crippen LogP contribution in [0.3, 0.4) is 0 Å². The van der Waals surface area contributed by atoms with Crippen molar-refractivity contribution in [1.29, 1.82) is 0 Å². The van der Waals surface area contributed by atoms with Crippen molar-refractivity contribution >= 4 is 11.8 Å². The fraction of sp³-hybridized carbons (Fsp3) is 0.846. The summed E-state index contributed by atoms with van der Waals surface area (Å²) < 4.78 is 0. The summed E-state index contributed by atoms with van der Waals surface area (Å²) in [6.45, 7) is 6.31. The lowest BCUT2D eigenvalue weighted by Crippen LogP contribution is -2.55. The average Bonchev–Trinajstić information content (AvgIpc) is 2.48. The van der Waals surface area contributed by atoms with Crippen LogP contribution in [0.25, 0.3) is 0 Å². The van der Waals surface area contributed by atoms with Gasteiger partial charge in [-0.15, -0.1) is 0 Å². The number of imide groups is 1. The molecule has 16 heavy (non-hydrogen) atoms. The fourth-order valence-corrected chi connectivity index (χ4v) is 3.81. The number of piperidine rings is 1. The van der Waals surface area contributed by atoms with Crippen molar-refractivity contribution in [1.82, 2.24) is 5.32 Å². The molecule has 1 atom stereocenters. The minimum absolute atomic E-state index is 0.0137. The normalized spacial score (nSPS) is 29.6. The molecule has 3 nitrogen and oxygen atoms in total. The lowest BCUT2D eigenvalue weighted by Gasteiger charge is -2.46. The number of nitrogens with one attached hydrogen (secondary N) is 1. The van der Waals surface area contributed by atoms with Crippen molar-refractivity contribution in [3.05, 3.63) is 0 Å². The van der Waals surface area contributed by atoms with Crippen LogP contribution < -0.4 is 5.32 Å². The maximum absolute atomic E-state index is 12.1. The smallest absolute Gasteiger partial charge is 0.230 e. The van der Waals surface area contributed by atoms with E-state index in [-0.39, 0.29) is 28.6 Å². The molecule has 0 aromatic carbocycles. The van der Waals surface area contributed by atoms with Crippen LogP contribution in [0.4, 0.5) is 0 Å². The minimum Gasteiger partial charge on any atom is -0.296 e.